The van der Waals surface area contributed by atoms with Crippen molar-refractivity contribution in [1.29, 1.82) is 0 Å². The summed E-state index contributed by atoms with van der Waals surface area (Å²) in [5.74, 6) is -1.45. The molecule has 2 aliphatic rings. The lowest BCUT2D eigenvalue weighted by Gasteiger charge is -2.29. The molecule has 0 saturated carbocycles. The average Bonchev–Trinajstić information content (AvgIpc) is 3.25. The number of nitrogens with zero attached hydrogens (tertiary/aromatic N) is 1. The molecule has 3 amide bonds. The highest BCUT2D eigenvalue weighted by Gasteiger charge is 2.46. The molecule has 0 bridgehead atoms. The van der Waals surface area contributed by atoms with Gasteiger partial charge >= 0.3 is 12.1 Å². The quantitative estimate of drug-likeness (QED) is 0.632. The van der Waals surface area contributed by atoms with Crippen molar-refractivity contribution in [2.24, 2.45) is 17.3 Å². The minimum atomic E-state index is -0.958. The number of hydrogen-bond acceptors (Lipinski definition) is 6. The van der Waals surface area contributed by atoms with Gasteiger partial charge in [0.05, 0.1) is 7.11 Å². The smallest absolute Gasteiger partial charge is 0.410 e. The molecule has 176 valence electrons. The third-order valence-electron chi connectivity index (χ3n) is 5.94. The van der Waals surface area contributed by atoms with Gasteiger partial charge < -0.3 is 20.1 Å². The Kier molecular flexibility index (Phi) is 7.60. The van der Waals surface area contributed by atoms with Crippen LogP contribution in [0.5, 0.6) is 0 Å². The van der Waals surface area contributed by atoms with Crippen LogP contribution in [0.25, 0.3) is 0 Å². The number of carbonyl (C=O) groups is 4. The molecular formula is C22H37N3O6. The maximum Gasteiger partial charge on any atom is 0.410 e. The van der Waals surface area contributed by atoms with Crippen LogP contribution < -0.4 is 10.6 Å². The van der Waals surface area contributed by atoms with Crippen molar-refractivity contribution in [3.63, 3.8) is 0 Å². The van der Waals surface area contributed by atoms with Gasteiger partial charge in [-0.2, -0.15) is 0 Å². The summed E-state index contributed by atoms with van der Waals surface area (Å²) in [6.07, 6.45) is 0.671. The minimum Gasteiger partial charge on any atom is -0.467 e. The highest BCUT2D eigenvalue weighted by Crippen LogP contribution is 2.37. The first-order valence-corrected chi connectivity index (χ1v) is 10.9. The summed E-state index contributed by atoms with van der Waals surface area (Å²) in [4.78, 5) is 51.7. The fourth-order valence-electron chi connectivity index (χ4n) is 4.01. The van der Waals surface area contributed by atoms with Gasteiger partial charge in [0.15, 0.2) is 0 Å². The Morgan fingerprint density at radius 2 is 1.84 bits per heavy atom. The molecule has 0 aliphatic carbocycles. The van der Waals surface area contributed by atoms with E-state index in [1.54, 1.807) is 20.8 Å². The molecule has 2 fully saturated rings. The number of nitrogens with one attached hydrogen (secondary N) is 2. The number of ether oxygens (including phenoxy) is 2. The van der Waals surface area contributed by atoms with Crippen LogP contribution in [0.15, 0.2) is 0 Å². The van der Waals surface area contributed by atoms with E-state index in [0.29, 0.717) is 25.9 Å². The van der Waals surface area contributed by atoms with Crippen molar-refractivity contribution in [2.75, 3.05) is 20.2 Å². The zero-order valence-electron chi connectivity index (χ0n) is 19.7. The zero-order chi connectivity index (χ0) is 23.6. The Morgan fingerprint density at radius 3 is 2.32 bits per heavy atom. The van der Waals surface area contributed by atoms with Gasteiger partial charge in [-0.05, 0) is 51.4 Å². The first-order valence-electron chi connectivity index (χ1n) is 10.9. The van der Waals surface area contributed by atoms with Crippen molar-refractivity contribution in [2.45, 2.75) is 78.5 Å². The Morgan fingerprint density at radius 1 is 1.19 bits per heavy atom. The Bertz CT molecular complexity index is 709. The van der Waals surface area contributed by atoms with Crippen LogP contribution in [-0.4, -0.2) is 66.7 Å². The van der Waals surface area contributed by atoms with Crippen molar-refractivity contribution >= 4 is 23.9 Å². The molecule has 2 heterocycles. The van der Waals surface area contributed by atoms with Gasteiger partial charge in [-0.1, -0.05) is 20.8 Å². The molecule has 9 nitrogen and oxygen atoms in total. The number of amides is 3. The van der Waals surface area contributed by atoms with Crippen molar-refractivity contribution in [3.8, 4) is 0 Å². The molecular weight excluding hydrogens is 402 g/mol. The molecule has 31 heavy (non-hydrogen) atoms. The Labute approximate surface area is 184 Å². The Balaban J connectivity index is 2.19. The summed E-state index contributed by atoms with van der Waals surface area (Å²) in [5.41, 5.74) is -0.804. The molecule has 0 spiro atoms. The molecule has 2 saturated heterocycles. The van der Waals surface area contributed by atoms with Crippen LogP contribution in [0.4, 0.5) is 4.79 Å². The summed E-state index contributed by atoms with van der Waals surface area (Å²) in [5, 5.41) is 5.47. The van der Waals surface area contributed by atoms with E-state index in [1.165, 1.54) is 12.0 Å². The van der Waals surface area contributed by atoms with Crippen LogP contribution >= 0.6 is 0 Å². The fraction of sp³-hybridized carbons (Fsp3) is 0.818. The molecule has 2 N–H and O–H groups in total. The van der Waals surface area contributed by atoms with E-state index in [9.17, 15) is 19.2 Å². The number of carbonyl (C=O) groups excluding carboxylic acids is 4. The van der Waals surface area contributed by atoms with Gasteiger partial charge in [0.2, 0.25) is 11.8 Å². The molecule has 9 heteroatoms. The monoisotopic (exact) mass is 439 g/mol. The maximum absolute atomic E-state index is 13.2. The highest BCUT2D eigenvalue weighted by atomic mass is 16.6. The van der Waals surface area contributed by atoms with Gasteiger partial charge in [-0.15, -0.1) is 0 Å². The van der Waals surface area contributed by atoms with Crippen molar-refractivity contribution < 1.29 is 28.7 Å². The van der Waals surface area contributed by atoms with E-state index in [4.69, 9.17) is 9.47 Å². The predicted octanol–water partition coefficient (Wildman–Crippen LogP) is 1.84. The molecule has 2 aliphatic heterocycles. The predicted molar refractivity (Wildman–Crippen MR) is 114 cm³/mol. The van der Waals surface area contributed by atoms with Crippen LogP contribution in [0, 0.1) is 17.3 Å². The average molecular weight is 440 g/mol. The third kappa shape index (κ3) is 6.58. The summed E-state index contributed by atoms with van der Waals surface area (Å²) in [7, 11) is 1.24. The topological polar surface area (TPSA) is 114 Å². The lowest BCUT2D eigenvalue weighted by molar-refractivity contribution is -0.146. The van der Waals surface area contributed by atoms with Gasteiger partial charge in [0, 0.05) is 19.0 Å². The van der Waals surface area contributed by atoms with E-state index < -0.39 is 35.7 Å². The second-order valence-corrected chi connectivity index (χ2v) is 10.5. The summed E-state index contributed by atoms with van der Waals surface area (Å²) < 4.78 is 10.4. The number of esters is 1. The highest BCUT2D eigenvalue weighted by molar-refractivity contribution is 5.90. The minimum absolute atomic E-state index is 0.0907. The van der Waals surface area contributed by atoms with Crippen LogP contribution in [-0.2, 0) is 23.9 Å². The molecule has 0 unspecified atom stereocenters. The number of likely N-dealkylation sites (tertiary alicyclic amines) is 1. The van der Waals surface area contributed by atoms with E-state index >= 15 is 0 Å². The van der Waals surface area contributed by atoms with Gasteiger partial charge in [-0.3, -0.25) is 14.5 Å². The van der Waals surface area contributed by atoms with Crippen LogP contribution in [0.3, 0.4) is 0 Å². The van der Waals surface area contributed by atoms with Gasteiger partial charge in [-0.25, -0.2) is 9.59 Å². The van der Waals surface area contributed by atoms with Crippen LogP contribution in [0.1, 0.15) is 60.8 Å². The molecule has 0 radical (unpaired) electrons. The number of rotatable bonds is 5. The third-order valence-corrected chi connectivity index (χ3v) is 5.94. The normalized spacial score (nSPS) is 25.1. The summed E-state index contributed by atoms with van der Waals surface area (Å²) in [6.45, 7) is 12.5. The van der Waals surface area contributed by atoms with E-state index in [-0.39, 0.29) is 29.6 Å². The lowest BCUT2D eigenvalue weighted by Crippen LogP contribution is -2.52. The Hall–Kier alpha value is -2.32. The molecule has 4 atom stereocenters. The van der Waals surface area contributed by atoms with Crippen LogP contribution in [0.2, 0.25) is 0 Å². The number of methoxy groups -OCH3 is 1. The van der Waals surface area contributed by atoms with Gasteiger partial charge in [0.25, 0.3) is 0 Å². The van der Waals surface area contributed by atoms with E-state index in [0.717, 1.165) is 0 Å². The van der Waals surface area contributed by atoms with Gasteiger partial charge in [0.1, 0.15) is 17.7 Å². The summed E-state index contributed by atoms with van der Waals surface area (Å²) >= 11 is 0. The summed E-state index contributed by atoms with van der Waals surface area (Å²) in [6, 6.07) is -1.72. The van der Waals surface area contributed by atoms with Crippen molar-refractivity contribution in [3.05, 3.63) is 0 Å². The largest absolute Gasteiger partial charge is 0.467 e. The molecule has 0 aromatic heterocycles. The SMILES string of the molecule is COC(=O)[C@H](C[C@@H]1CCNC1=O)NC(=O)[C@@H]1C[C@@H](C(C)(C)C)CN1C(=O)OC(C)(C)C. The molecule has 2 rings (SSSR count). The zero-order valence-corrected chi connectivity index (χ0v) is 19.7. The maximum atomic E-state index is 13.2. The van der Waals surface area contributed by atoms with E-state index in [1.807, 2.05) is 0 Å². The fourth-order valence-corrected chi connectivity index (χ4v) is 4.01. The second-order valence-electron chi connectivity index (χ2n) is 10.5. The van der Waals surface area contributed by atoms with E-state index in [2.05, 4.69) is 31.4 Å². The first-order chi connectivity index (χ1) is 14.2. The number of hydrogen-bond donors (Lipinski definition) is 2. The lowest BCUT2D eigenvalue weighted by atomic mass is 9.79. The molecule has 0 aromatic rings. The molecule has 0 aromatic carbocycles. The first kappa shape index (κ1) is 24.9. The standard InChI is InChI=1S/C22H37N3O6/c1-21(2,3)14-11-16(25(12-14)20(29)31-22(4,5)6)18(27)24-15(19(28)30-7)10-13-8-9-23-17(13)26/h13-16H,8-12H2,1-7H3,(H,23,26)(H,24,27)/t13-,14+,15-,16-/m0/s1. The van der Waals surface area contributed by atoms with Crippen molar-refractivity contribution in [1.82, 2.24) is 15.5 Å². The second kappa shape index (κ2) is 9.44.